The molecule has 0 aromatic carbocycles. The van der Waals surface area contributed by atoms with Gasteiger partial charge in [0, 0.05) is 0 Å². The maximum atomic E-state index is 11.9. The molecule has 1 aromatic rings. The van der Waals surface area contributed by atoms with E-state index >= 15 is 0 Å². The van der Waals surface area contributed by atoms with Gasteiger partial charge in [0.25, 0.3) is 0 Å². The van der Waals surface area contributed by atoms with Crippen LogP contribution in [-0.4, -0.2) is 16.9 Å². The zero-order chi connectivity index (χ0) is 13.7. The fourth-order valence-corrected chi connectivity index (χ4v) is 2.59. The predicted molar refractivity (Wildman–Crippen MR) is 84.2 cm³/mol. The summed E-state index contributed by atoms with van der Waals surface area (Å²) in [5.41, 5.74) is 6.78. The molecule has 0 aliphatic carbocycles. The summed E-state index contributed by atoms with van der Waals surface area (Å²) in [6.45, 7) is 8.26. The van der Waals surface area contributed by atoms with Crippen molar-refractivity contribution in [2.24, 2.45) is 11.7 Å². The third-order valence-corrected chi connectivity index (χ3v) is 3.51. The van der Waals surface area contributed by atoms with Crippen molar-refractivity contribution < 1.29 is 4.79 Å². The number of hydrogen-bond donors (Lipinski definition) is 2. The fourth-order valence-electron chi connectivity index (χ4n) is 1.74. The number of carbonyl (C=O) groups excluding carboxylic acids is 1. The van der Waals surface area contributed by atoms with Crippen LogP contribution in [0.15, 0.2) is 0 Å². The first-order valence-corrected chi connectivity index (χ1v) is 7.28. The molecule has 1 atom stereocenters. The van der Waals surface area contributed by atoms with E-state index in [0.717, 1.165) is 28.5 Å². The number of nitrogens with one attached hydrogen (secondary N) is 1. The molecule has 1 aromatic heterocycles. The molecule has 4 nitrogen and oxygen atoms in total. The molecule has 0 spiro atoms. The Morgan fingerprint density at radius 3 is 2.63 bits per heavy atom. The molecule has 1 amide bonds. The Balaban J connectivity index is 0.00000324. The number of amides is 1. The van der Waals surface area contributed by atoms with E-state index in [2.05, 4.69) is 24.1 Å². The molecule has 1 heterocycles. The Bertz CT molecular complexity index is 407. The molecule has 0 saturated heterocycles. The normalized spacial score (nSPS) is 12.1. The Morgan fingerprint density at radius 2 is 2.11 bits per heavy atom. The topological polar surface area (TPSA) is 68.0 Å². The largest absolute Gasteiger partial charge is 0.320 e. The summed E-state index contributed by atoms with van der Waals surface area (Å²) in [6, 6.07) is -0.427. The number of rotatable bonds is 6. The number of anilines is 1. The number of nitrogens with zero attached hydrogens (tertiary/aromatic N) is 1. The highest BCUT2D eigenvalue weighted by atomic mass is 35.5. The van der Waals surface area contributed by atoms with Gasteiger partial charge in [0.05, 0.1) is 16.7 Å². The lowest BCUT2D eigenvalue weighted by Gasteiger charge is -2.11. The number of aryl methyl sites for hydroxylation is 1. The summed E-state index contributed by atoms with van der Waals surface area (Å²) in [6.07, 6.45) is 2.50. The summed E-state index contributed by atoms with van der Waals surface area (Å²) >= 11 is 1.52. The molecule has 1 rings (SSSR count). The zero-order valence-corrected chi connectivity index (χ0v) is 13.7. The number of halogens is 1. The van der Waals surface area contributed by atoms with Gasteiger partial charge in [-0.2, -0.15) is 0 Å². The first kappa shape index (κ1) is 18.4. The number of carbonyl (C=O) groups is 1. The van der Waals surface area contributed by atoms with E-state index in [4.69, 9.17) is 5.73 Å². The van der Waals surface area contributed by atoms with Crippen molar-refractivity contribution in [3.05, 3.63) is 10.7 Å². The van der Waals surface area contributed by atoms with E-state index in [1.54, 1.807) is 0 Å². The molecule has 0 bridgehead atoms. The summed E-state index contributed by atoms with van der Waals surface area (Å²) in [5, 5.41) is 4.75. The lowest BCUT2D eigenvalue weighted by atomic mass is 10.1. The van der Waals surface area contributed by atoms with Crippen LogP contribution in [-0.2, 0) is 11.2 Å². The van der Waals surface area contributed by atoms with Gasteiger partial charge in [-0.3, -0.25) is 4.79 Å². The lowest BCUT2D eigenvalue weighted by molar-refractivity contribution is -0.117. The van der Waals surface area contributed by atoms with Crippen LogP contribution in [0.1, 0.15) is 44.3 Å². The van der Waals surface area contributed by atoms with Gasteiger partial charge in [-0.25, -0.2) is 4.98 Å². The average Bonchev–Trinajstić information content (AvgIpc) is 2.58. The number of aromatic nitrogens is 1. The maximum absolute atomic E-state index is 11.9. The van der Waals surface area contributed by atoms with E-state index in [-0.39, 0.29) is 18.3 Å². The molecule has 0 fully saturated rings. The molecular formula is C13H24ClN3OS. The molecule has 0 aliphatic rings. The van der Waals surface area contributed by atoms with Crippen LogP contribution >= 0.6 is 23.7 Å². The first-order valence-electron chi connectivity index (χ1n) is 6.46. The SMILES string of the molecule is CCCC(N)C(=O)Nc1sc(C)nc1CC(C)C.Cl. The summed E-state index contributed by atoms with van der Waals surface area (Å²) in [4.78, 5) is 16.4. The van der Waals surface area contributed by atoms with Gasteiger partial charge in [0.2, 0.25) is 5.91 Å². The number of hydrogen-bond acceptors (Lipinski definition) is 4. The van der Waals surface area contributed by atoms with Crippen LogP contribution in [0, 0.1) is 12.8 Å². The molecule has 0 saturated carbocycles. The van der Waals surface area contributed by atoms with Crippen molar-refractivity contribution in [1.82, 2.24) is 4.98 Å². The highest BCUT2D eigenvalue weighted by Gasteiger charge is 2.17. The van der Waals surface area contributed by atoms with Gasteiger partial charge in [-0.1, -0.05) is 27.2 Å². The minimum atomic E-state index is -0.427. The van der Waals surface area contributed by atoms with Crippen molar-refractivity contribution >= 4 is 34.7 Å². The lowest BCUT2D eigenvalue weighted by Crippen LogP contribution is -2.35. The average molecular weight is 306 g/mol. The van der Waals surface area contributed by atoms with Crippen LogP contribution < -0.4 is 11.1 Å². The minimum absolute atomic E-state index is 0. The van der Waals surface area contributed by atoms with Crippen molar-refractivity contribution in [2.75, 3.05) is 5.32 Å². The standard InChI is InChI=1S/C13H23N3OS.ClH/c1-5-6-10(14)12(17)16-13-11(7-8(2)3)15-9(4)18-13;/h8,10H,5-7,14H2,1-4H3,(H,16,17);1H. The highest BCUT2D eigenvalue weighted by molar-refractivity contribution is 7.16. The van der Waals surface area contributed by atoms with E-state index in [1.165, 1.54) is 11.3 Å². The molecule has 110 valence electrons. The van der Waals surface area contributed by atoms with E-state index in [0.29, 0.717) is 12.3 Å². The van der Waals surface area contributed by atoms with Crippen LogP contribution in [0.4, 0.5) is 5.00 Å². The third kappa shape index (κ3) is 5.89. The van der Waals surface area contributed by atoms with E-state index < -0.39 is 6.04 Å². The van der Waals surface area contributed by atoms with Crippen LogP contribution in [0.3, 0.4) is 0 Å². The van der Waals surface area contributed by atoms with Gasteiger partial charge in [-0.15, -0.1) is 23.7 Å². The third-order valence-electron chi connectivity index (χ3n) is 2.58. The molecule has 0 radical (unpaired) electrons. The number of thiazole rings is 1. The van der Waals surface area contributed by atoms with Gasteiger partial charge in [0.1, 0.15) is 5.00 Å². The Hall–Kier alpha value is -0.650. The van der Waals surface area contributed by atoms with Crippen LogP contribution in [0.5, 0.6) is 0 Å². The summed E-state index contributed by atoms with van der Waals surface area (Å²) in [7, 11) is 0. The smallest absolute Gasteiger partial charge is 0.241 e. The highest BCUT2D eigenvalue weighted by Crippen LogP contribution is 2.26. The maximum Gasteiger partial charge on any atom is 0.241 e. The second kappa shape index (κ2) is 8.51. The number of nitrogens with two attached hydrogens (primary N) is 1. The molecule has 1 unspecified atom stereocenters. The zero-order valence-electron chi connectivity index (χ0n) is 12.0. The summed E-state index contributed by atoms with van der Waals surface area (Å²) in [5.74, 6) is 0.414. The van der Waals surface area contributed by atoms with Crippen LogP contribution in [0.25, 0.3) is 0 Å². The Morgan fingerprint density at radius 1 is 1.47 bits per heavy atom. The Kier molecular flexibility index (Phi) is 8.22. The van der Waals surface area contributed by atoms with Gasteiger partial charge >= 0.3 is 0 Å². The minimum Gasteiger partial charge on any atom is -0.320 e. The van der Waals surface area contributed by atoms with Gasteiger partial charge < -0.3 is 11.1 Å². The van der Waals surface area contributed by atoms with Gasteiger partial charge in [0.15, 0.2) is 0 Å². The van der Waals surface area contributed by atoms with Crippen molar-refractivity contribution in [3.8, 4) is 0 Å². The molecular weight excluding hydrogens is 282 g/mol. The molecule has 19 heavy (non-hydrogen) atoms. The monoisotopic (exact) mass is 305 g/mol. The van der Waals surface area contributed by atoms with Crippen molar-refractivity contribution in [2.45, 2.75) is 53.0 Å². The molecule has 0 aliphatic heterocycles. The van der Waals surface area contributed by atoms with Crippen molar-refractivity contribution in [1.29, 1.82) is 0 Å². The van der Waals surface area contributed by atoms with E-state index in [9.17, 15) is 4.79 Å². The van der Waals surface area contributed by atoms with Gasteiger partial charge in [-0.05, 0) is 25.7 Å². The summed E-state index contributed by atoms with van der Waals surface area (Å²) < 4.78 is 0. The van der Waals surface area contributed by atoms with Crippen molar-refractivity contribution in [3.63, 3.8) is 0 Å². The van der Waals surface area contributed by atoms with E-state index in [1.807, 2.05) is 13.8 Å². The molecule has 3 N–H and O–H groups in total. The quantitative estimate of drug-likeness (QED) is 0.848. The first-order chi connectivity index (χ1) is 8.43. The van der Waals surface area contributed by atoms with Crippen LogP contribution in [0.2, 0.25) is 0 Å². The Labute approximate surface area is 125 Å². The molecule has 6 heteroatoms. The fraction of sp³-hybridized carbons (Fsp3) is 0.692. The predicted octanol–water partition coefficient (Wildman–Crippen LogP) is 3.14. The second-order valence-corrected chi connectivity index (χ2v) is 6.19. The second-order valence-electron chi connectivity index (χ2n) is 4.99.